The first kappa shape index (κ1) is 25.8. The minimum atomic E-state index is -3.24. The number of rotatable bonds is 8. The Balaban J connectivity index is 1.62. The van der Waals surface area contributed by atoms with E-state index in [1.165, 1.54) is 23.9 Å². The van der Waals surface area contributed by atoms with E-state index in [9.17, 15) is 23.2 Å². The van der Waals surface area contributed by atoms with Gasteiger partial charge in [-0.05, 0) is 29.8 Å². The summed E-state index contributed by atoms with van der Waals surface area (Å²) in [5, 5.41) is 21.6. The summed E-state index contributed by atoms with van der Waals surface area (Å²) in [5.74, 6) is -1.30. The second-order valence-corrected chi connectivity index (χ2v) is 9.09. The smallest absolute Gasteiger partial charge is 0.387 e. The molecule has 0 spiro atoms. The van der Waals surface area contributed by atoms with E-state index in [1.807, 2.05) is 25.4 Å². The Hall–Kier alpha value is -4.79. The number of benzene rings is 2. The van der Waals surface area contributed by atoms with Crippen molar-refractivity contribution in [1.29, 1.82) is 5.26 Å². The van der Waals surface area contributed by atoms with Crippen LogP contribution in [-0.4, -0.2) is 51.4 Å². The summed E-state index contributed by atoms with van der Waals surface area (Å²) in [7, 11) is 4.74. The van der Waals surface area contributed by atoms with E-state index < -0.39 is 30.5 Å². The standard InChI is InChI=1S/C27H23F3N6O3/c1-35-13-15(12-32-35)5-4-14-6-17(11-31)23-20(7-14)34-36(2)25(23)16-8-21(38-3)24(22(9-16)39-27(29)30)26(37)33-19-10-18(19)28/h4-9,12-13,18-19,27H,10H2,1-3H3,(H,33,37)/b5-4+/t18-,19+/m0/s1. The average molecular weight is 537 g/mol. The second-order valence-electron chi connectivity index (χ2n) is 9.09. The predicted molar refractivity (Wildman–Crippen MR) is 137 cm³/mol. The van der Waals surface area contributed by atoms with Crippen LogP contribution in [0.4, 0.5) is 13.2 Å². The van der Waals surface area contributed by atoms with Crippen molar-refractivity contribution in [3.05, 3.63) is 58.9 Å². The molecule has 0 bridgehead atoms. The van der Waals surface area contributed by atoms with Gasteiger partial charge in [-0.15, -0.1) is 0 Å². The third-order valence-corrected chi connectivity index (χ3v) is 6.30. The Morgan fingerprint density at radius 2 is 1.92 bits per heavy atom. The fourth-order valence-corrected chi connectivity index (χ4v) is 4.44. The van der Waals surface area contributed by atoms with E-state index >= 15 is 0 Å². The molecule has 2 heterocycles. The summed E-state index contributed by atoms with van der Waals surface area (Å²) < 4.78 is 53.4. The first-order valence-electron chi connectivity index (χ1n) is 11.9. The fraction of sp³-hybridized carbons (Fsp3) is 0.259. The molecule has 1 aliphatic rings. The third-order valence-electron chi connectivity index (χ3n) is 6.30. The SMILES string of the molecule is COc1cc(-c2c3c(C#N)cc(/C=C/c4cnn(C)c4)cc3nn2C)cc(OC(F)F)c1C(=O)N[C@@H]1C[C@@H]1F. The van der Waals surface area contributed by atoms with Crippen molar-refractivity contribution in [3.8, 4) is 28.8 Å². The maximum absolute atomic E-state index is 13.4. The number of aryl methyl sites for hydroxylation is 2. The Kier molecular flexibility index (Phi) is 6.74. The van der Waals surface area contributed by atoms with Gasteiger partial charge in [0.15, 0.2) is 0 Å². The maximum atomic E-state index is 13.4. The number of nitrogens with one attached hydrogen (secondary N) is 1. The zero-order valence-electron chi connectivity index (χ0n) is 21.2. The molecule has 1 amide bonds. The van der Waals surface area contributed by atoms with E-state index in [4.69, 9.17) is 9.47 Å². The molecule has 0 radical (unpaired) electrons. The Labute approximate surface area is 221 Å². The number of nitrogens with zero attached hydrogens (tertiary/aromatic N) is 5. The molecule has 200 valence electrons. The normalized spacial score (nSPS) is 16.6. The molecule has 1 N–H and O–H groups in total. The molecule has 1 fully saturated rings. The van der Waals surface area contributed by atoms with E-state index in [1.54, 1.807) is 30.1 Å². The summed E-state index contributed by atoms with van der Waals surface area (Å²) in [5.41, 5.74) is 2.89. The molecule has 39 heavy (non-hydrogen) atoms. The van der Waals surface area contributed by atoms with Crippen molar-refractivity contribution in [2.24, 2.45) is 14.1 Å². The van der Waals surface area contributed by atoms with Gasteiger partial charge in [-0.25, -0.2) is 4.39 Å². The van der Waals surface area contributed by atoms with Crippen molar-refractivity contribution in [1.82, 2.24) is 24.9 Å². The molecule has 2 aromatic carbocycles. The number of amides is 1. The van der Waals surface area contributed by atoms with Crippen LogP contribution in [0.15, 0.2) is 36.7 Å². The Morgan fingerprint density at radius 3 is 2.54 bits per heavy atom. The van der Waals surface area contributed by atoms with Gasteiger partial charge < -0.3 is 14.8 Å². The Morgan fingerprint density at radius 1 is 1.21 bits per heavy atom. The van der Waals surface area contributed by atoms with E-state index in [2.05, 4.69) is 21.6 Å². The minimum absolute atomic E-state index is 0.0550. The lowest BCUT2D eigenvalue weighted by Crippen LogP contribution is -2.28. The number of methoxy groups -OCH3 is 1. The Bertz CT molecular complexity index is 1650. The highest BCUT2D eigenvalue weighted by molar-refractivity contribution is 6.03. The topological polar surface area (TPSA) is 107 Å². The van der Waals surface area contributed by atoms with Gasteiger partial charge in [0.2, 0.25) is 0 Å². The molecule has 1 aliphatic carbocycles. The van der Waals surface area contributed by atoms with Crippen LogP contribution in [0.5, 0.6) is 11.5 Å². The number of halogens is 3. The molecule has 12 heteroatoms. The van der Waals surface area contributed by atoms with Gasteiger partial charge in [0.25, 0.3) is 5.91 Å². The van der Waals surface area contributed by atoms with Gasteiger partial charge in [-0.2, -0.15) is 24.2 Å². The highest BCUT2D eigenvalue weighted by Crippen LogP contribution is 2.40. The van der Waals surface area contributed by atoms with E-state index in [0.717, 1.165) is 11.1 Å². The molecule has 0 saturated heterocycles. The van der Waals surface area contributed by atoms with Gasteiger partial charge >= 0.3 is 6.61 Å². The molecular weight excluding hydrogens is 513 g/mol. The number of carbonyl (C=O) groups is 1. The highest BCUT2D eigenvalue weighted by Gasteiger charge is 2.40. The lowest BCUT2D eigenvalue weighted by molar-refractivity contribution is -0.0502. The largest absolute Gasteiger partial charge is 0.496 e. The number of nitriles is 1. The molecular formula is C27H23F3N6O3. The number of ether oxygens (including phenoxy) is 2. The number of fused-ring (bicyclic) bond motifs is 1. The summed E-state index contributed by atoms with van der Waals surface area (Å²) in [6.45, 7) is -3.24. The van der Waals surface area contributed by atoms with Gasteiger partial charge in [0.1, 0.15) is 23.2 Å². The van der Waals surface area contributed by atoms with Crippen molar-refractivity contribution in [3.63, 3.8) is 0 Å². The number of hydrogen-bond acceptors (Lipinski definition) is 6. The van der Waals surface area contributed by atoms with Crippen LogP contribution in [0.2, 0.25) is 0 Å². The lowest BCUT2D eigenvalue weighted by atomic mass is 9.98. The van der Waals surface area contributed by atoms with Gasteiger partial charge in [0, 0.05) is 43.2 Å². The molecule has 9 nitrogen and oxygen atoms in total. The van der Waals surface area contributed by atoms with Crippen LogP contribution in [0.1, 0.15) is 33.5 Å². The van der Waals surface area contributed by atoms with Crippen molar-refractivity contribution >= 4 is 29.0 Å². The lowest BCUT2D eigenvalue weighted by Gasteiger charge is -2.17. The van der Waals surface area contributed by atoms with Crippen molar-refractivity contribution in [2.75, 3.05) is 7.11 Å². The zero-order valence-corrected chi connectivity index (χ0v) is 21.2. The second kappa shape index (κ2) is 10.2. The average Bonchev–Trinajstić information content (AvgIpc) is 3.25. The number of hydrogen-bond donors (Lipinski definition) is 1. The molecule has 0 aliphatic heterocycles. The number of carbonyl (C=O) groups excluding carboxylic acids is 1. The maximum Gasteiger partial charge on any atom is 0.387 e. The van der Waals surface area contributed by atoms with Gasteiger partial charge in [-0.3, -0.25) is 14.2 Å². The van der Waals surface area contributed by atoms with Crippen LogP contribution < -0.4 is 14.8 Å². The molecule has 0 unspecified atom stereocenters. The monoisotopic (exact) mass is 536 g/mol. The van der Waals surface area contributed by atoms with Crippen LogP contribution in [0.25, 0.3) is 34.3 Å². The van der Waals surface area contributed by atoms with Crippen LogP contribution >= 0.6 is 0 Å². The fourth-order valence-electron chi connectivity index (χ4n) is 4.44. The van der Waals surface area contributed by atoms with Gasteiger partial charge in [0.05, 0.1) is 42.2 Å². The molecule has 2 atom stereocenters. The minimum Gasteiger partial charge on any atom is -0.496 e. The summed E-state index contributed by atoms with van der Waals surface area (Å²) in [4.78, 5) is 12.8. The van der Waals surface area contributed by atoms with Crippen LogP contribution in [0.3, 0.4) is 0 Å². The molecule has 5 rings (SSSR count). The number of aromatic nitrogens is 4. The summed E-state index contributed by atoms with van der Waals surface area (Å²) in [6.07, 6.45) is 6.20. The zero-order chi connectivity index (χ0) is 27.8. The molecule has 4 aromatic rings. The van der Waals surface area contributed by atoms with Crippen LogP contribution in [0, 0.1) is 11.3 Å². The van der Waals surface area contributed by atoms with E-state index in [-0.39, 0.29) is 17.7 Å². The number of alkyl halides is 3. The predicted octanol–water partition coefficient (Wildman–Crippen LogP) is 4.47. The van der Waals surface area contributed by atoms with Gasteiger partial charge in [-0.1, -0.05) is 12.2 Å². The molecule has 2 aromatic heterocycles. The quantitative estimate of drug-likeness (QED) is 0.356. The summed E-state index contributed by atoms with van der Waals surface area (Å²) >= 11 is 0. The van der Waals surface area contributed by atoms with Crippen LogP contribution in [-0.2, 0) is 14.1 Å². The third kappa shape index (κ3) is 5.16. The van der Waals surface area contributed by atoms with Crippen molar-refractivity contribution in [2.45, 2.75) is 25.2 Å². The molecule has 1 saturated carbocycles. The first-order valence-corrected chi connectivity index (χ1v) is 11.9. The first-order chi connectivity index (χ1) is 18.7. The van der Waals surface area contributed by atoms with Crippen molar-refractivity contribution < 1.29 is 27.4 Å². The van der Waals surface area contributed by atoms with E-state index in [0.29, 0.717) is 27.7 Å². The highest BCUT2D eigenvalue weighted by atomic mass is 19.3. The summed E-state index contributed by atoms with van der Waals surface area (Å²) in [6, 6.07) is 7.72.